The zero-order chi connectivity index (χ0) is 16.7. The van der Waals surface area contributed by atoms with Crippen molar-refractivity contribution in [3.8, 4) is 0 Å². The SMILES string of the molecule is O=C(Cc1ccn[nH]1)N1CC(S(=O)(=O)N2CCc3ccccc32)C1. The number of nitrogens with zero attached hydrogens (tertiary/aromatic N) is 3. The number of hydrogen-bond acceptors (Lipinski definition) is 4. The van der Waals surface area contributed by atoms with Crippen LogP contribution in [0.25, 0.3) is 0 Å². The first-order valence-corrected chi connectivity index (χ1v) is 9.41. The lowest BCUT2D eigenvalue weighted by Gasteiger charge is -2.40. The minimum atomic E-state index is -3.42. The summed E-state index contributed by atoms with van der Waals surface area (Å²) in [5.74, 6) is -0.0764. The molecule has 1 amide bonds. The minimum Gasteiger partial charge on any atom is -0.339 e. The van der Waals surface area contributed by atoms with Crippen molar-refractivity contribution in [1.29, 1.82) is 0 Å². The third-order valence-corrected chi connectivity index (χ3v) is 6.81. The molecule has 4 rings (SSSR count). The Kier molecular flexibility index (Phi) is 3.56. The number of sulfonamides is 1. The number of aromatic nitrogens is 2. The molecule has 0 unspecified atom stereocenters. The number of nitrogens with one attached hydrogen (secondary N) is 1. The number of aromatic amines is 1. The van der Waals surface area contributed by atoms with Crippen molar-refractivity contribution in [2.45, 2.75) is 18.1 Å². The first kappa shape index (κ1) is 15.2. The predicted molar refractivity (Wildman–Crippen MR) is 89.1 cm³/mol. The van der Waals surface area contributed by atoms with E-state index in [2.05, 4.69) is 10.2 Å². The molecule has 126 valence electrons. The Hall–Kier alpha value is -2.35. The molecule has 1 fully saturated rings. The van der Waals surface area contributed by atoms with Crippen LogP contribution in [0.5, 0.6) is 0 Å². The number of para-hydroxylation sites is 1. The van der Waals surface area contributed by atoms with Gasteiger partial charge >= 0.3 is 0 Å². The first-order chi connectivity index (χ1) is 11.6. The van der Waals surface area contributed by atoms with Gasteiger partial charge in [0.2, 0.25) is 15.9 Å². The Balaban J connectivity index is 1.42. The molecule has 24 heavy (non-hydrogen) atoms. The summed E-state index contributed by atoms with van der Waals surface area (Å²) in [4.78, 5) is 13.7. The molecule has 1 aromatic heterocycles. The molecule has 0 bridgehead atoms. The third-order valence-electron chi connectivity index (χ3n) is 4.67. The molecule has 1 saturated heterocycles. The number of likely N-dealkylation sites (tertiary alicyclic amines) is 1. The summed E-state index contributed by atoms with van der Waals surface area (Å²) in [6.45, 7) is 1.00. The highest BCUT2D eigenvalue weighted by atomic mass is 32.2. The standard InChI is InChI=1S/C16H18N4O3S/c21-16(9-13-5-7-17-18-13)19-10-14(11-19)24(22,23)20-8-6-12-3-1-2-4-15(12)20/h1-5,7,14H,6,8-11H2,(H,17,18). The molecule has 0 saturated carbocycles. The summed E-state index contributed by atoms with van der Waals surface area (Å²) in [6.07, 6.45) is 2.56. The maximum absolute atomic E-state index is 12.8. The molecule has 0 atom stereocenters. The highest BCUT2D eigenvalue weighted by Gasteiger charge is 2.44. The van der Waals surface area contributed by atoms with E-state index in [0.29, 0.717) is 6.54 Å². The largest absolute Gasteiger partial charge is 0.339 e. The van der Waals surface area contributed by atoms with Crippen LogP contribution in [-0.4, -0.2) is 54.3 Å². The van der Waals surface area contributed by atoms with Crippen molar-refractivity contribution in [3.63, 3.8) is 0 Å². The molecule has 0 spiro atoms. The van der Waals surface area contributed by atoms with E-state index >= 15 is 0 Å². The summed E-state index contributed by atoms with van der Waals surface area (Å²) in [7, 11) is -3.42. The molecule has 1 N–H and O–H groups in total. The van der Waals surface area contributed by atoms with Crippen LogP contribution in [0.4, 0.5) is 5.69 Å². The van der Waals surface area contributed by atoms with Crippen LogP contribution in [-0.2, 0) is 27.7 Å². The van der Waals surface area contributed by atoms with E-state index in [-0.39, 0.29) is 25.4 Å². The van der Waals surface area contributed by atoms with Gasteiger partial charge < -0.3 is 4.90 Å². The fourth-order valence-electron chi connectivity index (χ4n) is 3.24. The molecule has 0 aliphatic carbocycles. The zero-order valence-electron chi connectivity index (χ0n) is 13.1. The molecule has 3 heterocycles. The molecular weight excluding hydrogens is 328 g/mol. The van der Waals surface area contributed by atoms with Gasteiger partial charge in [-0.25, -0.2) is 8.42 Å². The van der Waals surface area contributed by atoms with Crippen LogP contribution in [0.3, 0.4) is 0 Å². The van der Waals surface area contributed by atoms with Crippen molar-refractivity contribution < 1.29 is 13.2 Å². The fraction of sp³-hybridized carbons (Fsp3) is 0.375. The Morgan fingerprint density at radius 3 is 2.79 bits per heavy atom. The third kappa shape index (κ3) is 2.47. The highest BCUT2D eigenvalue weighted by molar-refractivity contribution is 7.93. The lowest BCUT2D eigenvalue weighted by atomic mass is 10.2. The van der Waals surface area contributed by atoms with Gasteiger partial charge in [-0.1, -0.05) is 18.2 Å². The second-order valence-electron chi connectivity index (χ2n) is 6.18. The summed E-state index contributed by atoms with van der Waals surface area (Å²) >= 11 is 0. The van der Waals surface area contributed by atoms with Crippen LogP contribution in [0.1, 0.15) is 11.3 Å². The number of fused-ring (bicyclic) bond motifs is 1. The van der Waals surface area contributed by atoms with E-state index in [0.717, 1.165) is 23.4 Å². The quantitative estimate of drug-likeness (QED) is 0.876. The molecular formula is C16H18N4O3S. The van der Waals surface area contributed by atoms with Gasteiger partial charge in [0.15, 0.2) is 0 Å². The van der Waals surface area contributed by atoms with Crippen LogP contribution >= 0.6 is 0 Å². The number of carbonyl (C=O) groups is 1. The second-order valence-corrected chi connectivity index (χ2v) is 8.31. The summed E-state index contributed by atoms with van der Waals surface area (Å²) in [6, 6.07) is 9.33. The van der Waals surface area contributed by atoms with E-state index in [1.54, 1.807) is 17.2 Å². The summed E-state index contributed by atoms with van der Waals surface area (Å²) in [5, 5.41) is 6.03. The molecule has 8 heteroatoms. The van der Waals surface area contributed by atoms with Gasteiger partial charge in [-0.15, -0.1) is 0 Å². The van der Waals surface area contributed by atoms with Crippen LogP contribution < -0.4 is 4.31 Å². The smallest absolute Gasteiger partial charge is 0.241 e. The van der Waals surface area contributed by atoms with Crippen molar-refractivity contribution >= 4 is 21.6 Å². The van der Waals surface area contributed by atoms with E-state index in [9.17, 15) is 13.2 Å². The van der Waals surface area contributed by atoms with Crippen LogP contribution in [0.15, 0.2) is 36.5 Å². The van der Waals surface area contributed by atoms with Gasteiger partial charge in [-0.2, -0.15) is 5.10 Å². The topological polar surface area (TPSA) is 86.4 Å². The number of benzene rings is 1. The molecule has 2 aliphatic heterocycles. The number of rotatable bonds is 4. The fourth-order valence-corrected chi connectivity index (χ4v) is 5.13. The van der Waals surface area contributed by atoms with Gasteiger partial charge in [-0.3, -0.25) is 14.2 Å². The van der Waals surface area contributed by atoms with E-state index in [1.807, 2.05) is 24.3 Å². The number of carbonyl (C=O) groups excluding carboxylic acids is 1. The average Bonchev–Trinajstić information content (AvgIpc) is 3.14. The van der Waals surface area contributed by atoms with Gasteiger partial charge in [0, 0.05) is 31.5 Å². The normalized spacial score (nSPS) is 17.7. The number of anilines is 1. The van der Waals surface area contributed by atoms with Gasteiger partial charge in [0.1, 0.15) is 5.25 Å². The van der Waals surface area contributed by atoms with Gasteiger partial charge in [-0.05, 0) is 24.1 Å². The summed E-state index contributed by atoms with van der Waals surface area (Å²) < 4.78 is 27.2. The Bertz CT molecular complexity index is 857. The number of hydrogen-bond donors (Lipinski definition) is 1. The average molecular weight is 346 g/mol. The maximum atomic E-state index is 12.8. The molecule has 1 aromatic carbocycles. The lowest BCUT2D eigenvalue weighted by molar-refractivity contribution is -0.133. The van der Waals surface area contributed by atoms with Crippen molar-refractivity contribution in [2.75, 3.05) is 23.9 Å². The van der Waals surface area contributed by atoms with Crippen LogP contribution in [0.2, 0.25) is 0 Å². The first-order valence-electron chi connectivity index (χ1n) is 7.91. The molecule has 0 radical (unpaired) electrons. The molecule has 2 aromatic rings. The van der Waals surface area contributed by atoms with E-state index < -0.39 is 15.3 Å². The Labute approximate surface area is 140 Å². The highest BCUT2D eigenvalue weighted by Crippen LogP contribution is 2.33. The maximum Gasteiger partial charge on any atom is 0.241 e. The van der Waals surface area contributed by atoms with Gasteiger partial charge in [0.05, 0.1) is 12.1 Å². The summed E-state index contributed by atoms with van der Waals surface area (Å²) in [5.41, 5.74) is 2.58. The van der Waals surface area contributed by atoms with E-state index in [4.69, 9.17) is 0 Å². The predicted octanol–water partition coefficient (Wildman–Crippen LogP) is 0.556. The van der Waals surface area contributed by atoms with Gasteiger partial charge in [0.25, 0.3) is 0 Å². The minimum absolute atomic E-state index is 0.0764. The lowest BCUT2D eigenvalue weighted by Crippen LogP contribution is -2.60. The van der Waals surface area contributed by atoms with Crippen molar-refractivity contribution in [1.82, 2.24) is 15.1 Å². The van der Waals surface area contributed by atoms with Crippen LogP contribution in [0, 0.1) is 0 Å². The number of H-pyrrole nitrogens is 1. The van der Waals surface area contributed by atoms with Crippen molar-refractivity contribution in [2.24, 2.45) is 0 Å². The molecule has 2 aliphatic rings. The zero-order valence-corrected chi connectivity index (χ0v) is 13.9. The van der Waals surface area contributed by atoms with Crippen molar-refractivity contribution in [3.05, 3.63) is 47.8 Å². The van der Waals surface area contributed by atoms with E-state index in [1.165, 1.54) is 4.31 Å². The molecule has 7 nitrogen and oxygen atoms in total. The Morgan fingerprint density at radius 1 is 1.25 bits per heavy atom. The monoisotopic (exact) mass is 346 g/mol. The Morgan fingerprint density at radius 2 is 2.04 bits per heavy atom. The number of amides is 1. The second kappa shape index (κ2) is 5.62.